The van der Waals surface area contributed by atoms with Gasteiger partial charge in [-0.25, -0.2) is 9.59 Å². The highest BCUT2D eigenvalue weighted by Crippen LogP contribution is 2.38. The highest BCUT2D eigenvalue weighted by atomic mass is 35.5. The van der Waals surface area contributed by atoms with Crippen molar-refractivity contribution in [3.63, 3.8) is 0 Å². The lowest BCUT2D eigenvalue weighted by molar-refractivity contribution is -0.605. The molecule has 2 atom stereocenters. The van der Waals surface area contributed by atoms with Crippen molar-refractivity contribution in [3.8, 4) is 17.2 Å². The van der Waals surface area contributed by atoms with Crippen LogP contribution in [0.25, 0.3) is 0 Å². The van der Waals surface area contributed by atoms with Crippen LogP contribution in [-0.4, -0.2) is 63.4 Å². The lowest BCUT2D eigenvalue weighted by atomic mass is 9.98. The first-order valence-corrected chi connectivity index (χ1v) is 19.6. The van der Waals surface area contributed by atoms with Gasteiger partial charge < -0.3 is 39.1 Å². The van der Waals surface area contributed by atoms with Gasteiger partial charge in [-0.15, -0.1) is 0 Å². The van der Waals surface area contributed by atoms with E-state index in [1.165, 1.54) is 18.2 Å². The molecule has 57 heavy (non-hydrogen) atoms. The molecule has 1 N–H and O–H groups in total. The zero-order valence-electron chi connectivity index (χ0n) is 31.6. The fourth-order valence-electron chi connectivity index (χ4n) is 6.56. The third-order valence-corrected chi connectivity index (χ3v) is 10.8. The van der Waals surface area contributed by atoms with Crippen LogP contribution < -0.4 is 24.3 Å². The molecule has 4 aromatic rings. The average Bonchev–Trinajstić information content (AvgIpc) is 4.04. The van der Waals surface area contributed by atoms with E-state index in [-0.39, 0.29) is 39.4 Å². The molecule has 304 valence electrons. The zero-order chi connectivity index (χ0) is 40.5. The second-order valence-corrected chi connectivity index (χ2v) is 15.0. The zero-order valence-corrected chi connectivity index (χ0v) is 33.1. The van der Waals surface area contributed by atoms with Crippen LogP contribution in [0.3, 0.4) is 0 Å². The minimum absolute atomic E-state index is 0.0451. The predicted octanol–water partition coefficient (Wildman–Crippen LogP) is 8.59. The summed E-state index contributed by atoms with van der Waals surface area (Å²) in [7, 11) is 1.56. The monoisotopic (exact) mass is 827 g/mol. The van der Waals surface area contributed by atoms with E-state index in [2.05, 4.69) is 17.1 Å². The van der Waals surface area contributed by atoms with Crippen molar-refractivity contribution in [1.29, 1.82) is 0 Å². The van der Waals surface area contributed by atoms with Gasteiger partial charge in [0, 0.05) is 17.7 Å². The van der Waals surface area contributed by atoms with E-state index in [1.54, 1.807) is 55.6 Å². The van der Waals surface area contributed by atoms with Gasteiger partial charge in [0.15, 0.2) is 29.9 Å². The second kappa shape index (κ2) is 19.5. The number of alkyl halides is 2. The van der Waals surface area contributed by atoms with Gasteiger partial charge in [0.05, 0.1) is 25.9 Å². The van der Waals surface area contributed by atoms with Gasteiger partial charge in [-0.2, -0.15) is 13.5 Å². The summed E-state index contributed by atoms with van der Waals surface area (Å²) in [4.78, 5) is 29.7. The number of rotatable bonds is 18. The van der Waals surface area contributed by atoms with Crippen LogP contribution in [-0.2, 0) is 20.7 Å². The molecule has 2 fully saturated rings. The van der Waals surface area contributed by atoms with Crippen molar-refractivity contribution in [2.24, 2.45) is 11.8 Å². The Hall–Kier alpha value is -4.85. The van der Waals surface area contributed by atoms with Crippen molar-refractivity contribution >= 4 is 40.8 Å². The molecule has 1 aliphatic carbocycles. The lowest BCUT2D eigenvalue weighted by Gasteiger charge is -2.31. The number of aromatic nitrogens is 1. The van der Waals surface area contributed by atoms with Crippen molar-refractivity contribution in [3.05, 3.63) is 117 Å². The summed E-state index contributed by atoms with van der Waals surface area (Å²) in [5, 5.41) is 15.3. The van der Waals surface area contributed by atoms with Crippen LogP contribution in [0, 0.1) is 17.0 Å². The maximum atomic E-state index is 13.8. The molecule has 11 nitrogen and oxygen atoms in total. The lowest BCUT2D eigenvalue weighted by Crippen LogP contribution is -2.35. The number of hydrogen-bond donors (Lipinski definition) is 1. The highest BCUT2D eigenvalue weighted by molar-refractivity contribution is 6.35. The molecule has 15 heteroatoms. The number of carbonyl (C=O) groups is 2. The number of nitrogens with zero attached hydrogens (tertiary/aromatic N) is 2. The Labute approximate surface area is 340 Å². The Morgan fingerprint density at radius 1 is 0.895 bits per heavy atom. The van der Waals surface area contributed by atoms with E-state index in [9.17, 15) is 23.6 Å². The molecule has 1 saturated heterocycles. The molecule has 6 rings (SSSR count). The van der Waals surface area contributed by atoms with Crippen LogP contribution in [0.4, 0.5) is 14.5 Å². The molecule has 0 bridgehead atoms. The maximum absolute atomic E-state index is 13.8. The number of benzene rings is 3. The van der Waals surface area contributed by atoms with Gasteiger partial charge in [-0.1, -0.05) is 48.3 Å². The van der Waals surface area contributed by atoms with E-state index in [4.69, 9.17) is 46.9 Å². The van der Waals surface area contributed by atoms with Crippen LogP contribution in [0.15, 0.2) is 79.1 Å². The third kappa shape index (κ3) is 11.6. The quantitative estimate of drug-likeness (QED) is 0.0593. The fraction of sp³-hybridized carbons (Fsp3) is 0.405. The molecule has 0 amide bonds. The SMILES string of the molecule is CCN1CCC(COC(=O)C(Nc2ccc(C(=O)O[C@@H](Cc3c(Cl)c[n+]([O-])cc3Cl)c3ccc(OC(F)F)c(OCC4CC4)c3)cc2)c2ccc(OC)cc2)CC1. The smallest absolute Gasteiger partial charge is 0.387 e. The fourth-order valence-corrected chi connectivity index (χ4v) is 7.15. The van der Waals surface area contributed by atoms with E-state index in [1.807, 2.05) is 0 Å². The van der Waals surface area contributed by atoms with Gasteiger partial charge in [0.1, 0.15) is 21.9 Å². The molecule has 3 aromatic carbocycles. The summed E-state index contributed by atoms with van der Waals surface area (Å²) in [6.45, 7) is 2.63. The molecular weight excluding hydrogens is 783 g/mol. The van der Waals surface area contributed by atoms with Crippen LogP contribution in [0.2, 0.25) is 10.0 Å². The minimum Gasteiger partial charge on any atom is -0.619 e. The van der Waals surface area contributed by atoms with Crippen LogP contribution >= 0.6 is 23.2 Å². The van der Waals surface area contributed by atoms with Gasteiger partial charge in [-0.05, 0) is 117 Å². The Kier molecular flexibility index (Phi) is 14.3. The summed E-state index contributed by atoms with van der Waals surface area (Å²) >= 11 is 12.8. The number of esters is 2. The minimum atomic E-state index is -3.09. The van der Waals surface area contributed by atoms with E-state index in [0.29, 0.717) is 52.0 Å². The standard InChI is InChI=1S/C42H45Cl2F2N3O8/c1-3-48-18-16-27(17-19-48)25-55-41(51)39(28-8-13-32(53-2)14-9-28)47-31-11-6-29(7-12-31)40(50)56-37(21-33-34(43)22-49(52)23-35(33)44)30-10-15-36(57-42(45)46)38(20-30)54-24-26-4-5-26/h6-15,20,22-23,26-27,37,39,42,47H,3-5,16-19,21,24-25H2,1-2H3/t37-,39?/m0/s1. The number of anilines is 1. The molecule has 1 aliphatic heterocycles. The topological polar surface area (TPSA) is 123 Å². The molecule has 1 aromatic heterocycles. The van der Waals surface area contributed by atoms with E-state index < -0.39 is 30.7 Å². The van der Waals surface area contributed by atoms with Crippen molar-refractivity contribution < 1.29 is 46.8 Å². The van der Waals surface area contributed by atoms with Gasteiger partial charge in [0.25, 0.3) is 0 Å². The van der Waals surface area contributed by atoms with Gasteiger partial charge in [0.2, 0.25) is 0 Å². The van der Waals surface area contributed by atoms with E-state index in [0.717, 1.165) is 57.7 Å². The number of pyridine rings is 1. The molecule has 0 spiro atoms. The first kappa shape index (κ1) is 41.8. The van der Waals surface area contributed by atoms with Crippen LogP contribution in [0.5, 0.6) is 17.2 Å². The number of nitrogens with one attached hydrogen (secondary N) is 1. The average molecular weight is 829 g/mol. The molecule has 1 saturated carbocycles. The number of halogens is 4. The first-order valence-electron chi connectivity index (χ1n) is 18.9. The summed E-state index contributed by atoms with van der Waals surface area (Å²) in [6.07, 6.45) is 4.98. The van der Waals surface area contributed by atoms with Gasteiger partial charge >= 0.3 is 18.6 Å². The Morgan fingerprint density at radius 3 is 2.16 bits per heavy atom. The summed E-state index contributed by atoms with van der Waals surface area (Å²) in [6, 6.07) is 16.9. The summed E-state index contributed by atoms with van der Waals surface area (Å²) < 4.78 is 54.8. The largest absolute Gasteiger partial charge is 0.619 e. The number of likely N-dealkylation sites (tertiary alicyclic amines) is 1. The number of piperidine rings is 1. The molecule has 0 radical (unpaired) electrons. The molecule has 2 heterocycles. The number of ether oxygens (including phenoxy) is 5. The first-order chi connectivity index (χ1) is 27.5. The predicted molar refractivity (Wildman–Crippen MR) is 210 cm³/mol. The van der Waals surface area contributed by atoms with Crippen molar-refractivity contribution in [2.75, 3.05) is 45.3 Å². The maximum Gasteiger partial charge on any atom is 0.387 e. The number of hydrogen-bond acceptors (Lipinski definition) is 10. The van der Waals surface area contributed by atoms with Crippen molar-refractivity contribution in [2.45, 2.75) is 57.8 Å². The Balaban J connectivity index is 1.21. The molecule has 2 aliphatic rings. The number of methoxy groups -OCH3 is 1. The molecule has 1 unspecified atom stereocenters. The normalized spacial score (nSPS) is 15.8. The Bertz CT molecular complexity index is 1950. The van der Waals surface area contributed by atoms with Crippen molar-refractivity contribution in [1.82, 2.24) is 4.90 Å². The third-order valence-electron chi connectivity index (χ3n) is 10.2. The summed E-state index contributed by atoms with van der Waals surface area (Å²) in [5.41, 5.74) is 2.10. The Morgan fingerprint density at radius 2 is 1.54 bits per heavy atom. The second-order valence-electron chi connectivity index (χ2n) is 14.2. The van der Waals surface area contributed by atoms with Gasteiger partial charge in [-0.3, -0.25) is 0 Å². The number of carbonyl (C=O) groups excluding carboxylic acids is 2. The summed E-state index contributed by atoms with van der Waals surface area (Å²) in [5.74, 6) is -0.0284. The molecular formula is C42H45Cl2F2N3O8. The van der Waals surface area contributed by atoms with E-state index >= 15 is 0 Å². The van der Waals surface area contributed by atoms with Crippen LogP contribution in [0.1, 0.15) is 71.8 Å². The highest BCUT2D eigenvalue weighted by Gasteiger charge is 2.28.